The van der Waals surface area contributed by atoms with Gasteiger partial charge in [0, 0.05) is 0 Å². The minimum Gasteiger partial charge on any atom is -0.434 e. The fourth-order valence-corrected chi connectivity index (χ4v) is 1.73. The molecule has 0 aliphatic carbocycles. The predicted octanol–water partition coefficient (Wildman–Crippen LogP) is 4.67. The van der Waals surface area contributed by atoms with Crippen LogP contribution in [0.1, 0.15) is 39.2 Å². The van der Waals surface area contributed by atoms with Crippen molar-refractivity contribution in [2.24, 2.45) is 5.92 Å². The summed E-state index contributed by atoms with van der Waals surface area (Å²) in [5.74, 6) is 0.175. The predicted molar refractivity (Wildman–Crippen MR) is 83.2 cm³/mol. The van der Waals surface area contributed by atoms with Crippen LogP contribution in [0.4, 0.5) is 0 Å². The zero-order valence-corrected chi connectivity index (χ0v) is 12.6. The van der Waals surface area contributed by atoms with Crippen LogP contribution in [0.25, 0.3) is 0 Å². The molecule has 0 aliphatic heterocycles. The highest BCUT2D eigenvalue weighted by Crippen LogP contribution is 2.15. The molecule has 1 aromatic rings. The molecule has 1 rings (SSSR count). The monoisotopic (exact) mass is 272 g/mol. The first-order valence-corrected chi connectivity index (χ1v) is 7.18. The number of carbonyl (C=O) groups is 1. The summed E-state index contributed by atoms with van der Waals surface area (Å²) in [5.41, 5.74) is 2.06. The highest BCUT2D eigenvalue weighted by atomic mass is 16.5. The van der Waals surface area contributed by atoms with Crippen LogP contribution in [0.5, 0.6) is 0 Å². The van der Waals surface area contributed by atoms with Gasteiger partial charge in [-0.3, -0.25) is 4.79 Å². The fourth-order valence-electron chi connectivity index (χ4n) is 1.73. The van der Waals surface area contributed by atoms with E-state index < -0.39 is 0 Å². The lowest BCUT2D eigenvalue weighted by molar-refractivity contribution is -0.137. The fraction of sp³-hybridized carbons (Fsp3) is 0.389. The van der Waals surface area contributed by atoms with Crippen molar-refractivity contribution in [3.63, 3.8) is 0 Å². The molecule has 0 bridgehead atoms. The molecule has 0 N–H and O–H groups in total. The molecule has 0 saturated heterocycles. The van der Waals surface area contributed by atoms with Crippen LogP contribution in [-0.4, -0.2) is 5.97 Å². The molecule has 2 heteroatoms. The Hall–Kier alpha value is -1.83. The van der Waals surface area contributed by atoms with Crippen molar-refractivity contribution in [2.75, 3.05) is 0 Å². The van der Waals surface area contributed by atoms with E-state index in [0.29, 0.717) is 12.3 Å². The summed E-state index contributed by atoms with van der Waals surface area (Å²) in [6.45, 7) is 6.26. The van der Waals surface area contributed by atoms with Gasteiger partial charge >= 0.3 is 5.97 Å². The van der Waals surface area contributed by atoms with Crippen LogP contribution in [0.3, 0.4) is 0 Å². The second-order valence-corrected chi connectivity index (χ2v) is 5.03. The SMILES string of the molecule is CC/C=C/CC(C)/C(C)=C/OC(=O)Cc1ccccc1. The summed E-state index contributed by atoms with van der Waals surface area (Å²) in [7, 11) is 0. The van der Waals surface area contributed by atoms with Crippen LogP contribution in [0.2, 0.25) is 0 Å². The summed E-state index contributed by atoms with van der Waals surface area (Å²) in [6.07, 6.45) is 8.28. The van der Waals surface area contributed by atoms with E-state index in [4.69, 9.17) is 4.74 Å². The molecule has 1 atom stereocenters. The van der Waals surface area contributed by atoms with Crippen molar-refractivity contribution in [2.45, 2.75) is 40.0 Å². The molecule has 1 unspecified atom stereocenters. The topological polar surface area (TPSA) is 26.3 Å². The summed E-state index contributed by atoms with van der Waals surface area (Å²) >= 11 is 0. The number of hydrogen-bond acceptors (Lipinski definition) is 2. The van der Waals surface area contributed by atoms with Gasteiger partial charge in [0.15, 0.2) is 0 Å². The van der Waals surface area contributed by atoms with Crippen molar-refractivity contribution in [1.29, 1.82) is 0 Å². The summed E-state index contributed by atoms with van der Waals surface area (Å²) < 4.78 is 5.21. The van der Waals surface area contributed by atoms with Crippen LogP contribution >= 0.6 is 0 Å². The van der Waals surface area contributed by atoms with E-state index in [0.717, 1.165) is 24.0 Å². The van der Waals surface area contributed by atoms with Crippen LogP contribution in [0, 0.1) is 5.92 Å². The minimum atomic E-state index is -0.216. The lowest BCUT2D eigenvalue weighted by Gasteiger charge is -2.09. The first-order valence-electron chi connectivity index (χ1n) is 7.18. The summed E-state index contributed by atoms with van der Waals surface area (Å²) in [4.78, 5) is 11.7. The molecule has 0 radical (unpaired) electrons. The molecule has 20 heavy (non-hydrogen) atoms. The van der Waals surface area contributed by atoms with Crippen molar-refractivity contribution in [3.8, 4) is 0 Å². The van der Waals surface area contributed by atoms with E-state index in [1.165, 1.54) is 0 Å². The Kier molecular flexibility index (Phi) is 7.41. The second-order valence-electron chi connectivity index (χ2n) is 5.03. The van der Waals surface area contributed by atoms with Gasteiger partial charge in [0.2, 0.25) is 0 Å². The third kappa shape index (κ3) is 6.37. The van der Waals surface area contributed by atoms with Gasteiger partial charge in [0.1, 0.15) is 0 Å². The smallest absolute Gasteiger partial charge is 0.315 e. The largest absolute Gasteiger partial charge is 0.434 e. The zero-order chi connectivity index (χ0) is 14.8. The van der Waals surface area contributed by atoms with Gasteiger partial charge in [-0.2, -0.15) is 0 Å². The lowest BCUT2D eigenvalue weighted by atomic mass is 10.00. The minimum absolute atomic E-state index is 0.216. The number of rotatable bonds is 7. The molecule has 0 heterocycles. The highest BCUT2D eigenvalue weighted by molar-refractivity contribution is 5.73. The third-order valence-corrected chi connectivity index (χ3v) is 3.24. The van der Waals surface area contributed by atoms with E-state index in [9.17, 15) is 4.79 Å². The Balaban J connectivity index is 2.41. The van der Waals surface area contributed by atoms with Crippen LogP contribution in [-0.2, 0) is 16.0 Å². The van der Waals surface area contributed by atoms with Gasteiger partial charge in [-0.05, 0) is 36.8 Å². The van der Waals surface area contributed by atoms with Crippen molar-refractivity contribution >= 4 is 5.97 Å². The number of esters is 1. The maximum atomic E-state index is 11.7. The maximum Gasteiger partial charge on any atom is 0.315 e. The summed E-state index contributed by atoms with van der Waals surface area (Å²) in [6, 6.07) is 9.63. The lowest BCUT2D eigenvalue weighted by Crippen LogP contribution is -2.05. The number of ether oxygens (including phenoxy) is 1. The molecule has 1 aromatic carbocycles. The Morgan fingerprint density at radius 1 is 1.25 bits per heavy atom. The molecule has 108 valence electrons. The van der Waals surface area contributed by atoms with E-state index in [-0.39, 0.29) is 5.97 Å². The molecule has 0 spiro atoms. The van der Waals surface area contributed by atoms with Crippen molar-refractivity contribution in [1.82, 2.24) is 0 Å². The van der Waals surface area contributed by atoms with Gasteiger partial charge in [-0.1, -0.05) is 56.3 Å². The molecular weight excluding hydrogens is 248 g/mol. The molecule has 2 nitrogen and oxygen atoms in total. The standard InChI is InChI=1S/C18H24O2/c1-4-5-7-10-15(2)16(3)14-20-18(19)13-17-11-8-6-9-12-17/h5-9,11-12,14-15H,4,10,13H2,1-3H3/b7-5+,16-14+. The van der Waals surface area contributed by atoms with E-state index in [1.807, 2.05) is 37.3 Å². The first kappa shape index (κ1) is 16.2. The summed E-state index contributed by atoms with van der Waals surface area (Å²) in [5, 5.41) is 0. The Morgan fingerprint density at radius 2 is 1.95 bits per heavy atom. The quantitative estimate of drug-likeness (QED) is 0.409. The Labute approximate surface area is 122 Å². The maximum absolute atomic E-state index is 11.7. The van der Waals surface area contributed by atoms with Crippen molar-refractivity contribution < 1.29 is 9.53 Å². The number of hydrogen-bond donors (Lipinski definition) is 0. The van der Waals surface area contributed by atoms with E-state index >= 15 is 0 Å². The zero-order valence-electron chi connectivity index (χ0n) is 12.6. The van der Waals surface area contributed by atoms with E-state index in [1.54, 1.807) is 6.26 Å². The molecule has 0 aromatic heterocycles. The van der Waals surface area contributed by atoms with Crippen molar-refractivity contribution in [3.05, 3.63) is 59.9 Å². The highest BCUT2D eigenvalue weighted by Gasteiger charge is 2.06. The number of allylic oxidation sites excluding steroid dienone is 3. The number of carbonyl (C=O) groups excluding carboxylic acids is 1. The van der Waals surface area contributed by atoms with Gasteiger partial charge in [0.25, 0.3) is 0 Å². The van der Waals surface area contributed by atoms with Gasteiger partial charge in [-0.25, -0.2) is 0 Å². The van der Waals surface area contributed by atoms with Gasteiger partial charge in [-0.15, -0.1) is 0 Å². The third-order valence-electron chi connectivity index (χ3n) is 3.24. The molecule has 0 amide bonds. The second kappa shape index (κ2) is 9.13. The average Bonchev–Trinajstić information content (AvgIpc) is 2.46. The van der Waals surface area contributed by atoms with Crippen LogP contribution < -0.4 is 0 Å². The Bertz CT molecular complexity index is 458. The first-order chi connectivity index (χ1) is 9.63. The number of benzene rings is 1. The van der Waals surface area contributed by atoms with E-state index in [2.05, 4.69) is 26.0 Å². The Morgan fingerprint density at radius 3 is 2.60 bits per heavy atom. The van der Waals surface area contributed by atoms with Gasteiger partial charge < -0.3 is 4.74 Å². The molecule has 0 fully saturated rings. The average molecular weight is 272 g/mol. The normalized spacial score (nSPS) is 13.4. The molecule has 0 aliphatic rings. The molecule has 0 saturated carbocycles. The van der Waals surface area contributed by atoms with Crippen LogP contribution in [0.15, 0.2) is 54.3 Å². The molecular formula is C18H24O2. The van der Waals surface area contributed by atoms with Gasteiger partial charge in [0.05, 0.1) is 12.7 Å².